The van der Waals surface area contributed by atoms with Gasteiger partial charge in [-0.05, 0) is 59.1 Å². The van der Waals surface area contributed by atoms with E-state index in [1.54, 1.807) is 25.3 Å². The summed E-state index contributed by atoms with van der Waals surface area (Å²) in [4.78, 5) is 12.4. The maximum atomic E-state index is 12.4. The van der Waals surface area contributed by atoms with Gasteiger partial charge in [-0.1, -0.05) is 18.2 Å². The number of methoxy groups -OCH3 is 1. The number of hydrogen-bond donors (Lipinski definition) is 1. The van der Waals surface area contributed by atoms with E-state index in [2.05, 4.69) is 21.2 Å². The van der Waals surface area contributed by atoms with Crippen LogP contribution in [0.25, 0.3) is 0 Å². The molecule has 2 aromatic rings. The minimum atomic E-state index is -0.159. The zero-order chi connectivity index (χ0) is 14.7. The number of hydrogen-bond acceptors (Lipinski definition) is 2. The van der Waals surface area contributed by atoms with Crippen molar-refractivity contribution in [1.82, 2.24) is 0 Å². The van der Waals surface area contributed by atoms with E-state index < -0.39 is 0 Å². The fourth-order valence-corrected chi connectivity index (χ4v) is 2.42. The minimum absolute atomic E-state index is 0.159. The molecule has 104 valence electrons. The van der Waals surface area contributed by atoms with Crippen LogP contribution in [0.3, 0.4) is 0 Å². The van der Waals surface area contributed by atoms with Crippen LogP contribution in [0.4, 0.5) is 5.69 Å². The zero-order valence-electron chi connectivity index (χ0n) is 11.7. The Bertz CT molecular complexity index is 633. The maximum Gasteiger partial charge on any atom is 0.256 e. The van der Waals surface area contributed by atoms with Crippen molar-refractivity contribution >= 4 is 27.5 Å². The smallest absolute Gasteiger partial charge is 0.256 e. The largest absolute Gasteiger partial charge is 0.497 e. The van der Waals surface area contributed by atoms with Gasteiger partial charge in [-0.25, -0.2) is 0 Å². The van der Waals surface area contributed by atoms with Crippen molar-refractivity contribution in [1.29, 1.82) is 0 Å². The monoisotopic (exact) mass is 333 g/mol. The van der Waals surface area contributed by atoms with Gasteiger partial charge in [0.1, 0.15) is 5.75 Å². The predicted octanol–water partition coefficient (Wildman–Crippen LogP) is 4.33. The fourth-order valence-electron chi connectivity index (χ4n) is 2.00. The summed E-state index contributed by atoms with van der Waals surface area (Å²) in [7, 11) is 1.58. The van der Waals surface area contributed by atoms with Gasteiger partial charge in [-0.3, -0.25) is 4.79 Å². The first-order valence-electron chi connectivity index (χ1n) is 6.24. The predicted molar refractivity (Wildman–Crippen MR) is 84.6 cm³/mol. The number of nitrogens with one attached hydrogen (secondary N) is 1. The number of ether oxygens (including phenoxy) is 1. The molecular formula is C16H16BrNO2. The average molecular weight is 334 g/mol. The summed E-state index contributed by atoms with van der Waals surface area (Å²) in [5.74, 6) is 0.494. The fraction of sp³-hybridized carbons (Fsp3) is 0.188. The number of anilines is 1. The van der Waals surface area contributed by atoms with E-state index in [1.165, 1.54) is 0 Å². The first-order valence-corrected chi connectivity index (χ1v) is 7.03. The lowest BCUT2D eigenvalue weighted by atomic mass is 10.1. The van der Waals surface area contributed by atoms with Crippen molar-refractivity contribution in [3.8, 4) is 5.75 Å². The summed E-state index contributed by atoms with van der Waals surface area (Å²) in [5, 5.41) is 2.96. The second kappa shape index (κ2) is 6.09. The van der Waals surface area contributed by atoms with Crippen molar-refractivity contribution in [2.24, 2.45) is 0 Å². The van der Waals surface area contributed by atoms with Crippen LogP contribution in [0.5, 0.6) is 5.75 Å². The van der Waals surface area contributed by atoms with Crippen LogP contribution < -0.4 is 10.1 Å². The van der Waals surface area contributed by atoms with Crippen molar-refractivity contribution in [3.05, 3.63) is 57.6 Å². The topological polar surface area (TPSA) is 38.3 Å². The van der Waals surface area contributed by atoms with Crippen molar-refractivity contribution in [3.63, 3.8) is 0 Å². The number of carbonyl (C=O) groups excluding carboxylic acids is 1. The Morgan fingerprint density at radius 3 is 2.40 bits per heavy atom. The Hall–Kier alpha value is -1.81. The molecule has 1 amide bonds. The second-order valence-corrected chi connectivity index (χ2v) is 5.42. The highest BCUT2D eigenvalue weighted by molar-refractivity contribution is 9.10. The number of benzene rings is 2. The lowest BCUT2D eigenvalue weighted by Gasteiger charge is -2.13. The molecular weight excluding hydrogens is 318 g/mol. The summed E-state index contributed by atoms with van der Waals surface area (Å²) in [6.07, 6.45) is 0. The lowest BCUT2D eigenvalue weighted by molar-refractivity contribution is 0.102. The highest BCUT2D eigenvalue weighted by atomic mass is 79.9. The quantitative estimate of drug-likeness (QED) is 0.907. The number of amides is 1. The Morgan fingerprint density at radius 2 is 1.80 bits per heavy atom. The molecule has 0 aromatic heterocycles. The molecule has 0 aliphatic heterocycles. The van der Waals surface area contributed by atoms with Crippen molar-refractivity contribution in [2.45, 2.75) is 13.8 Å². The van der Waals surface area contributed by atoms with E-state index in [4.69, 9.17) is 4.74 Å². The number of aryl methyl sites for hydroxylation is 2. The molecule has 2 rings (SSSR count). The van der Waals surface area contributed by atoms with E-state index >= 15 is 0 Å². The summed E-state index contributed by atoms with van der Waals surface area (Å²) < 4.78 is 5.89. The molecule has 0 aliphatic carbocycles. The van der Waals surface area contributed by atoms with Gasteiger partial charge in [0.25, 0.3) is 5.91 Å². The highest BCUT2D eigenvalue weighted by Crippen LogP contribution is 2.25. The van der Waals surface area contributed by atoms with Crippen molar-refractivity contribution in [2.75, 3.05) is 12.4 Å². The minimum Gasteiger partial charge on any atom is -0.497 e. The summed E-state index contributed by atoms with van der Waals surface area (Å²) in [6, 6.07) is 11.2. The molecule has 4 heteroatoms. The molecule has 0 aliphatic rings. The number of carbonyl (C=O) groups is 1. The molecule has 0 unspecified atom stereocenters. The molecule has 0 fully saturated rings. The molecule has 0 heterocycles. The Morgan fingerprint density at radius 1 is 1.15 bits per heavy atom. The van der Waals surface area contributed by atoms with Crippen LogP contribution >= 0.6 is 15.9 Å². The molecule has 0 saturated heterocycles. The number of halogens is 1. The molecule has 3 nitrogen and oxygen atoms in total. The van der Waals surface area contributed by atoms with E-state index in [9.17, 15) is 4.79 Å². The van der Waals surface area contributed by atoms with Crippen LogP contribution in [0.1, 0.15) is 21.5 Å². The van der Waals surface area contributed by atoms with Crippen LogP contribution in [0.15, 0.2) is 40.9 Å². The third-order valence-corrected chi connectivity index (χ3v) is 3.83. The Kier molecular flexibility index (Phi) is 4.45. The van der Waals surface area contributed by atoms with Gasteiger partial charge in [-0.15, -0.1) is 0 Å². The number of rotatable bonds is 3. The molecule has 0 radical (unpaired) electrons. The average Bonchev–Trinajstić information content (AvgIpc) is 2.43. The van der Waals surface area contributed by atoms with Gasteiger partial charge in [0.05, 0.1) is 12.7 Å². The maximum absolute atomic E-state index is 12.4. The normalized spacial score (nSPS) is 10.2. The summed E-state index contributed by atoms with van der Waals surface area (Å²) in [6.45, 7) is 3.95. The van der Waals surface area contributed by atoms with Gasteiger partial charge in [0.2, 0.25) is 0 Å². The van der Waals surface area contributed by atoms with Crippen LogP contribution in [-0.2, 0) is 0 Å². The molecule has 20 heavy (non-hydrogen) atoms. The van der Waals surface area contributed by atoms with E-state index in [1.807, 2.05) is 32.0 Å². The third kappa shape index (κ3) is 3.02. The van der Waals surface area contributed by atoms with Crippen LogP contribution in [0.2, 0.25) is 0 Å². The third-order valence-electron chi connectivity index (χ3n) is 3.14. The van der Waals surface area contributed by atoms with Gasteiger partial charge in [0, 0.05) is 10.2 Å². The van der Waals surface area contributed by atoms with E-state index in [-0.39, 0.29) is 5.91 Å². The van der Waals surface area contributed by atoms with E-state index in [0.29, 0.717) is 11.3 Å². The summed E-state index contributed by atoms with van der Waals surface area (Å²) >= 11 is 3.39. The van der Waals surface area contributed by atoms with Gasteiger partial charge in [0.15, 0.2) is 0 Å². The summed E-state index contributed by atoms with van der Waals surface area (Å²) in [5.41, 5.74) is 3.48. The number of para-hydroxylation sites is 1. The molecule has 0 spiro atoms. The Labute approximate surface area is 127 Å². The first-order chi connectivity index (χ1) is 9.52. The molecule has 1 N–H and O–H groups in total. The molecule has 0 bridgehead atoms. The molecule has 0 atom stereocenters. The molecule has 0 saturated carbocycles. The second-order valence-electron chi connectivity index (χ2n) is 4.57. The molecule has 2 aromatic carbocycles. The SMILES string of the molecule is COc1ccc(Br)c(C(=O)Nc2c(C)cccc2C)c1. The standard InChI is InChI=1S/C16H16BrNO2/c1-10-5-4-6-11(2)15(10)18-16(19)13-9-12(20-3)7-8-14(13)17/h4-9H,1-3H3,(H,18,19). The van der Waals surface area contributed by atoms with Gasteiger partial charge >= 0.3 is 0 Å². The zero-order valence-corrected chi connectivity index (χ0v) is 13.2. The van der Waals surface area contributed by atoms with Gasteiger partial charge in [-0.2, -0.15) is 0 Å². The van der Waals surface area contributed by atoms with Gasteiger partial charge < -0.3 is 10.1 Å². The first kappa shape index (κ1) is 14.6. The van der Waals surface area contributed by atoms with Crippen molar-refractivity contribution < 1.29 is 9.53 Å². The van der Waals surface area contributed by atoms with E-state index in [0.717, 1.165) is 21.3 Å². The lowest BCUT2D eigenvalue weighted by Crippen LogP contribution is -2.14. The van der Waals surface area contributed by atoms with Crippen LogP contribution in [0, 0.1) is 13.8 Å². The van der Waals surface area contributed by atoms with Crippen LogP contribution in [-0.4, -0.2) is 13.0 Å². The Balaban J connectivity index is 2.33. The highest BCUT2D eigenvalue weighted by Gasteiger charge is 2.13.